The molecule has 7 nitrogen and oxygen atoms in total. The Bertz CT molecular complexity index is 433. The number of amides is 1. The number of nitrogens with zero attached hydrogens (tertiary/aromatic N) is 1. The first-order chi connectivity index (χ1) is 8.45. The van der Waals surface area contributed by atoms with Gasteiger partial charge < -0.3 is 21.3 Å². The molecule has 0 aliphatic heterocycles. The van der Waals surface area contributed by atoms with Crippen LogP contribution in [0.5, 0.6) is 0 Å². The second kappa shape index (κ2) is 6.43. The fourth-order valence-corrected chi connectivity index (χ4v) is 1.98. The van der Waals surface area contributed by atoms with Crippen LogP contribution in [-0.4, -0.2) is 39.7 Å². The fourth-order valence-electron chi connectivity index (χ4n) is 1.22. The van der Waals surface area contributed by atoms with E-state index in [9.17, 15) is 9.59 Å². The Kier molecular flexibility index (Phi) is 5.20. The summed E-state index contributed by atoms with van der Waals surface area (Å²) in [5, 5.41) is 21.9. The molecule has 1 rings (SSSR count). The standard InChI is InChI=1S/C10H15N3O4S/c1-5(11)9-13-7(4-18-9)8(15)12-6(2-3-14)10(16)17/h4-6,14H,2-3,11H2,1H3,(H,12,15)(H,16,17)/t5?,6-/m1/s1. The van der Waals surface area contributed by atoms with Gasteiger partial charge >= 0.3 is 5.97 Å². The van der Waals surface area contributed by atoms with E-state index in [1.54, 1.807) is 6.92 Å². The number of thiazole rings is 1. The Morgan fingerprint density at radius 3 is 2.72 bits per heavy atom. The summed E-state index contributed by atoms with van der Waals surface area (Å²) in [6.07, 6.45) is -0.0502. The van der Waals surface area contributed by atoms with Gasteiger partial charge in [-0.2, -0.15) is 0 Å². The number of aliphatic hydroxyl groups excluding tert-OH is 1. The molecule has 0 aliphatic carbocycles. The summed E-state index contributed by atoms with van der Waals surface area (Å²) in [4.78, 5) is 26.5. The highest BCUT2D eigenvalue weighted by Gasteiger charge is 2.21. The number of rotatable bonds is 6. The van der Waals surface area contributed by atoms with Crippen LogP contribution in [0.1, 0.15) is 34.9 Å². The molecular formula is C10H15N3O4S. The molecule has 18 heavy (non-hydrogen) atoms. The molecule has 2 atom stereocenters. The van der Waals surface area contributed by atoms with Gasteiger partial charge in [0.2, 0.25) is 0 Å². The van der Waals surface area contributed by atoms with Gasteiger partial charge in [-0.15, -0.1) is 11.3 Å². The second-order valence-electron chi connectivity index (χ2n) is 3.74. The number of carboxylic acid groups (broad SMARTS) is 1. The minimum atomic E-state index is -1.19. The summed E-state index contributed by atoms with van der Waals surface area (Å²) in [6, 6.07) is -1.40. The zero-order valence-corrected chi connectivity index (χ0v) is 10.6. The van der Waals surface area contributed by atoms with Crippen LogP contribution in [0.3, 0.4) is 0 Å². The van der Waals surface area contributed by atoms with Gasteiger partial charge in [0.25, 0.3) is 5.91 Å². The number of nitrogens with one attached hydrogen (secondary N) is 1. The molecule has 1 amide bonds. The van der Waals surface area contributed by atoms with E-state index in [2.05, 4.69) is 10.3 Å². The molecule has 8 heteroatoms. The summed E-state index contributed by atoms with van der Waals surface area (Å²) in [5.41, 5.74) is 5.75. The van der Waals surface area contributed by atoms with Crippen LogP contribution in [-0.2, 0) is 4.79 Å². The van der Waals surface area contributed by atoms with Crippen molar-refractivity contribution in [3.8, 4) is 0 Å². The van der Waals surface area contributed by atoms with Crippen LogP contribution < -0.4 is 11.1 Å². The first-order valence-electron chi connectivity index (χ1n) is 5.31. The average Bonchev–Trinajstić information content (AvgIpc) is 2.77. The number of carboxylic acids is 1. The van der Waals surface area contributed by atoms with Crippen molar-refractivity contribution in [2.75, 3.05) is 6.61 Å². The van der Waals surface area contributed by atoms with E-state index < -0.39 is 17.9 Å². The Morgan fingerprint density at radius 1 is 1.61 bits per heavy atom. The first-order valence-corrected chi connectivity index (χ1v) is 6.19. The highest BCUT2D eigenvalue weighted by molar-refractivity contribution is 7.09. The van der Waals surface area contributed by atoms with Gasteiger partial charge in [0.1, 0.15) is 16.7 Å². The second-order valence-corrected chi connectivity index (χ2v) is 4.63. The van der Waals surface area contributed by atoms with Crippen molar-refractivity contribution in [3.63, 3.8) is 0 Å². The summed E-state index contributed by atoms with van der Waals surface area (Å²) in [5.74, 6) is -1.78. The molecule has 0 fully saturated rings. The summed E-state index contributed by atoms with van der Waals surface area (Å²) >= 11 is 1.24. The zero-order chi connectivity index (χ0) is 13.7. The minimum absolute atomic E-state index is 0.0502. The highest BCUT2D eigenvalue weighted by Crippen LogP contribution is 2.15. The van der Waals surface area contributed by atoms with Crippen LogP contribution in [0.15, 0.2) is 5.38 Å². The quantitative estimate of drug-likeness (QED) is 0.565. The lowest BCUT2D eigenvalue weighted by atomic mass is 10.2. The largest absolute Gasteiger partial charge is 0.480 e. The van der Waals surface area contributed by atoms with E-state index in [1.807, 2.05) is 0 Å². The Hall–Kier alpha value is -1.51. The molecule has 0 bridgehead atoms. The maximum atomic E-state index is 11.7. The van der Waals surface area contributed by atoms with Gasteiger partial charge in [0.15, 0.2) is 0 Å². The van der Waals surface area contributed by atoms with E-state index in [4.69, 9.17) is 15.9 Å². The monoisotopic (exact) mass is 273 g/mol. The zero-order valence-electron chi connectivity index (χ0n) is 9.79. The summed E-state index contributed by atoms with van der Waals surface area (Å²) < 4.78 is 0. The lowest BCUT2D eigenvalue weighted by molar-refractivity contribution is -0.139. The molecule has 0 saturated carbocycles. The molecule has 1 aromatic rings. The number of aliphatic carboxylic acids is 1. The molecule has 100 valence electrons. The number of hydrogen-bond acceptors (Lipinski definition) is 6. The molecule has 1 aromatic heterocycles. The number of aliphatic hydroxyl groups is 1. The van der Waals surface area contributed by atoms with E-state index in [0.717, 1.165) is 0 Å². The Morgan fingerprint density at radius 2 is 2.28 bits per heavy atom. The van der Waals surface area contributed by atoms with E-state index in [0.29, 0.717) is 5.01 Å². The van der Waals surface area contributed by atoms with Gasteiger partial charge in [-0.1, -0.05) is 0 Å². The lowest BCUT2D eigenvalue weighted by Crippen LogP contribution is -2.41. The first kappa shape index (κ1) is 14.6. The number of nitrogens with two attached hydrogens (primary N) is 1. The Balaban J connectivity index is 2.71. The fraction of sp³-hybridized carbons (Fsp3) is 0.500. The maximum absolute atomic E-state index is 11.7. The summed E-state index contributed by atoms with van der Waals surface area (Å²) in [7, 11) is 0. The number of aromatic nitrogens is 1. The van der Waals surface area contributed by atoms with Gasteiger partial charge in [-0.25, -0.2) is 9.78 Å². The predicted molar refractivity (Wildman–Crippen MR) is 65.3 cm³/mol. The van der Waals surface area contributed by atoms with Crippen molar-refractivity contribution in [2.45, 2.75) is 25.4 Å². The maximum Gasteiger partial charge on any atom is 0.326 e. The smallest absolute Gasteiger partial charge is 0.326 e. The average molecular weight is 273 g/mol. The van der Waals surface area contributed by atoms with E-state index in [-0.39, 0.29) is 24.8 Å². The van der Waals surface area contributed by atoms with Gasteiger partial charge in [-0.05, 0) is 6.92 Å². The topological polar surface area (TPSA) is 126 Å². The van der Waals surface area contributed by atoms with Gasteiger partial charge in [0, 0.05) is 18.4 Å². The molecular weight excluding hydrogens is 258 g/mol. The third-order valence-electron chi connectivity index (χ3n) is 2.17. The third-order valence-corrected chi connectivity index (χ3v) is 3.21. The molecule has 1 heterocycles. The molecule has 0 radical (unpaired) electrons. The van der Waals surface area contributed by atoms with Crippen molar-refractivity contribution < 1.29 is 19.8 Å². The van der Waals surface area contributed by atoms with Crippen LogP contribution in [0.25, 0.3) is 0 Å². The molecule has 0 saturated heterocycles. The molecule has 0 spiro atoms. The van der Waals surface area contributed by atoms with E-state index >= 15 is 0 Å². The predicted octanol–water partition coefficient (Wildman–Crippen LogP) is -0.272. The summed E-state index contributed by atoms with van der Waals surface area (Å²) in [6.45, 7) is 1.42. The molecule has 0 aromatic carbocycles. The molecule has 0 aliphatic rings. The minimum Gasteiger partial charge on any atom is -0.480 e. The van der Waals surface area contributed by atoms with Crippen molar-refractivity contribution in [1.29, 1.82) is 0 Å². The van der Waals surface area contributed by atoms with Gasteiger partial charge in [0.05, 0.1) is 6.04 Å². The van der Waals surface area contributed by atoms with Gasteiger partial charge in [-0.3, -0.25) is 4.79 Å². The van der Waals surface area contributed by atoms with Crippen LogP contribution >= 0.6 is 11.3 Å². The number of carbonyl (C=O) groups excluding carboxylic acids is 1. The molecule has 1 unspecified atom stereocenters. The van der Waals surface area contributed by atoms with Crippen molar-refractivity contribution >= 4 is 23.2 Å². The SMILES string of the molecule is CC(N)c1nc(C(=O)N[C@H](CCO)C(=O)O)cs1. The molecule has 5 N–H and O–H groups in total. The van der Waals surface area contributed by atoms with E-state index in [1.165, 1.54) is 16.7 Å². The number of hydrogen-bond donors (Lipinski definition) is 4. The highest BCUT2D eigenvalue weighted by atomic mass is 32.1. The lowest BCUT2D eigenvalue weighted by Gasteiger charge is -2.11. The number of carbonyl (C=O) groups is 2. The van der Waals surface area contributed by atoms with Crippen LogP contribution in [0.2, 0.25) is 0 Å². The van der Waals surface area contributed by atoms with Crippen LogP contribution in [0, 0.1) is 0 Å². The third kappa shape index (κ3) is 3.76. The van der Waals surface area contributed by atoms with Crippen molar-refractivity contribution in [2.24, 2.45) is 5.73 Å². The van der Waals surface area contributed by atoms with Crippen molar-refractivity contribution in [1.82, 2.24) is 10.3 Å². The Labute approximate surface area is 108 Å². The van der Waals surface area contributed by atoms with Crippen LogP contribution in [0.4, 0.5) is 0 Å². The normalized spacial score (nSPS) is 13.9. The van der Waals surface area contributed by atoms with Crippen molar-refractivity contribution in [3.05, 3.63) is 16.1 Å².